The molecule has 10 heteroatoms. The molecule has 0 spiro atoms. The third-order valence-electron chi connectivity index (χ3n) is 6.00. The van der Waals surface area contributed by atoms with Crippen LogP contribution in [0.25, 0.3) is 10.2 Å². The Morgan fingerprint density at radius 2 is 2.12 bits per heavy atom. The number of rotatable bonds is 8. The highest BCUT2D eigenvalue weighted by Gasteiger charge is 2.40. The first-order valence-electron chi connectivity index (χ1n) is 11.1. The number of nitrogens with zero attached hydrogens (tertiary/aromatic N) is 2. The topological polar surface area (TPSA) is 121 Å². The predicted octanol–water partition coefficient (Wildman–Crippen LogP) is 1.72. The van der Waals surface area contributed by atoms with Crippen LogP contribution >= 0.6 is 11.3 Å². The van der Waals surface area contributed by atoms with Crippen LogP contribution in [0.4, 0.5) is 0 Å². The summed E-state index contributed by atoms with van der Waals surface area (Å²) >= 11 is 1.55. The number of amides is 3. The molecule has 1 unspecified atom stereocenters. The third-order valence-corrected chi connectivity index (χ3v) is 7.01. The molecule has 0 aliphatic carbocycles. The number of carbonyl (C=O) groups excluding carboxylic acids is 3. The number of ether oxygens (including phenoxy) is 1. The standard InChI is InChI=1S/C24H24N4O5S/c29-9-8-25-11-14-4-6-20-17(10-14)26-22(34-20)13-33-19-3-1-2-15-16(19)12-28(24(15)32)18-5-7-21(30)27-23(18)31/h1-4,6,10,18,25,29H,5,7-9,11-13H2,(H,27,30,31). The number of nitrogens with one attached hydrogen (secondary N) is 2. The average molecular weight is 481 g/mol. The molecule has 1 aromatic heterocycles. The van der Waals surface area contributed by atoms with E-state index in [9.17, 15) is 14.4 Å². The summed E-state index contributed by atoms with van der Waals surface area (Å²) in [6.45, 7) is 1.83. The van der Waals surface area contributed by atoms with Crippen molar-refractivity contribution in [1.82, 2.24) is 20.5 Å². The number of hydrogen-bond donors (Lipinski definition) is 3. The number of imide groups is 1. The van der Waals surface area contributed by atoms with Crippen LogP contribution in [0.3, 0.4) is 0 Å². The molecule has 1 fully saturated rings. The van der Waals surface area contributed by atoms with Crippen molar-refractivity contribution in [3.8, 4) is 5.75 Å². The van der Waals surface area contributed by atoms with Gasteiger partial charge in [0.1, 0.15) is 23.4 Å². The molecule has 0 saturated carbocycles. The summed E-state index contributed by atoms with van der Waals surface area (Å²) in [4.78, 5) is 42.9. The number of benzene rings is 2. The lowest BCUT2D eigenvalue weighted by Crippen LogP contribution is -2.52. The zero-order valence-corrected chi connectivity index (χ0v) is 19.2. The summed E-state index contributed by atoms with van der Waals surface area (Å²) in [5.41, 5.74) is 3.25. The minimum absolute atomic E-state index is 0.0977. The lowest BCUT2D eigenvalue weighted by molar-refractivity contribution is -0.136. The lowest BCUT2D eigenvalue weighted by atomic mass is 10.0. The number of fused-ring (bicyclic) bond motifs is 2. The summed E-state index contributed by atoms with van der Waals surface area (Å²) < 4.78 is 7.13. The molecule has 9 nitrogen and oxygen atoms in total. The van der Waals surface area contributed by atoms with Gasteiger partial charge in [0.25, 0.3) is 5.91 Å². The van der Waals surface area contributed by atoms with E-state index in [1.54, 1.807) is 23.5 Å². The SMILES string of the molecule is O=C1CCC(N2Cc3c(OCc4nc5cc(CNCCO)ccc5s4)cccc3C2=O)C(=O)N1. The fourth-order valence-electron chi connectivity index (χ4n) is 4.34. The molecule has 1 saturated heterocycles. The van der Waals surface area contributed by atoms with Gasteiger partial charge in [-0.15, -0.1) is 11.3 Å². The van der Waals surface area contributed by atoms with Crippen molar-refractivity contribution in [3.63, 3.8) is 0 Å². The van der Waals surface area contributed by atoms with Crippen molar-refractivity contribution in [2.75, 3.05) is 13.2 Å². The molecule has 3 amide bonds. The Morgan fingerprint density at radius 3 is 2.94 bits per heavy atom. The first kappa shape index (κ1) is 22.5. The minimum atomic E-state index is -0.657. The fourth-order valence-corrected chi connectivity index (χ4v) is 5.20. The number of aliphatic hydroxyl groups is 1. The molecular weight excluding hydrogens is 456 g/mol. The van der Waals surface area contributed by atoms with Crippen LogP contribution in [-0.2, 0) is 29.3 Å². The Morgan fingerprint density at radius 1 is 1.24 bits per heavy atom. The summed E-state index contributed by atoms with van der Waals surface area (Å²) in [6.07, 6.45) is 0.542. The quantitative estimate of drug-likeness (QED) is 0.332. The lowest BCUT2D eigenvalue weighted by Gasteiger charge is -2.29. The monoisotopic (exact) mass is 480 g/mol. The van der Waals surface area contributed by atoms with Gasteiger partial charge < -0.3 is 20.1 Å². The minimum Gasteiger partial charge on any atom is -0.486 e. The Balaban J connectivity index is 1.29. The normalized spacial score (nSPS) is 17.9. The second kappa shape index (κ2) is 9.49. The molecule has 3 heterocycles. The second-order valence-electron chi connectivity index (χ2n) is 8.28. The van der Waals surface area contributed by atoms with E-state index in [1.165, 1.54) is 4.90 Å². The maximum atomic E-state index is 13.0. The van der Waals surface area contributed by atoms with Crippen LogP contribution in [0.5, 0.6) is 5.75 Å². The van der Waals surface area contributed by atoms with E-state index >= 15 is 0 Å². The summed E-state index contributed by atoms with van der Waals surface area (Å²) in [5, 5.41) is 15.2. The Hall–Kier alpha value is -3.34. The van der Waals surface area contributed by atoms with E-state index in [-0.39, 0.29) is 38.0 Å². The highest BCUT2D eigenvalue weighted by Crippen LogP contribution is 2.34. The second-order valence-corrected chi connectivity index (χ2v) is 9.40. The number of aromatic nitrogens is 1. The molecule has 3 N–H and O–H groups in total. The van der Waals surface area contributed by atoms with E-state index in [0.717, 1.165) is 26.4 Å². The predicted molar refractivity (Wildman–Crippen MR) is 125 cm³/mol. The van der Waals surface area contributed by atoms with Gasteiger partial charge in [-0.05, 0) is 36.2 Å². The van der Waals surface area contributed by atoms with Crippen molar-refractivity contribution in [2.24, 2.45) is 0 Å². The number of hydrogen-bond acceptors (Lipinski definition) is 8. The zero-order chi connectivity index (χ0) is 23.7. The summed E-state index contributed by atoms with van der Waals surface area (Å²) in [7, 11) is 0. The molecule has 0 bridgehead atoms. The first-order valence-corrected chi connectivity index (χ1v) is 11.9. The fraction of sp³-hybridized carbons (Fsp3) is 0.333. The Labute approximate surface area is 199 Å². The zero-order valence-electron chi connectivity index (χ0n) is 18.4. The van der Waals surface area contributed by atoms with E-state index in [2.05, 4.69) is 15.6 Å². The van der Waals surface area contributed by atoms with Crippen molar-refractivity contribution in [3.05, 3.63) is 58.1 Å². The molecule has 176 valence electrons. The van der Waals surface area contributed by atoms with Crippen LogP contribution in [0.15, 0.2) is 36.4 Å². The van der Waals surface area contributed by atoms with E-state index in [0.29, 0.717) is 30.8 Å². The highest BCUT2D eigenvalue weighted by molar-refractivity contribution is 7.18. The molecule has 3 aromatic rings. The van der Waals surface area contributed by atoms with Gasteiger partial charge in [0, 0.05) is 30.6 Å². The van der Waals surface area contributed by atoms with Gasteiger partial charge in [-0.3, -0.25) is 19.7 Å². The van der Waals surface area contributed by atoms with Crippen LogP contribution in [0.1, 0.15) is 39.3 Å². The van der Waals surface area contributed by atoms with Gasteiger partial charge in [0.05, 0.1) is 23.4 Å². The van der Waals surface area contributed by atoms with E-state index in [1.807, 2.05) is 24.3 Å². The number of carbonyl (C=O) groups is 3. The largest absolute Gasteiger partial charge is 0.486 e. The summed E-state index contributed by atoms with van der Waals surface area (Å²) in [6, 6.07) is 10.8. The Kier molecular flexibility index (Phi) is 6.27. The average Bonchev–Trinajstić information content (AvgIpc) is 3.38. The van der Waals surface area contributed by atoms with Gasteiger partial charge in [0.2, 0.25) is 11.8 Å². The van der Waals surface area contributed by atoms with E-state index in [4.69, 9.17) is 9.84 Å². The smallest absolute Gasteiger partial charge is 0.255 e. The van der Waals surface area contributed by atoms with Crippen LogP contribution in [-0.4, -0.2) is 51.9 Å². The van der Waals surface area contributed by atoms with Gasteiger partial charge in [-0.25, -0.2) is 4.98 Å². The van der Waals surface area contributed by atoms with Gasteiger partial charge >= 0.3 is 0 Å². The Bertz CT molecular complexity index is 1270. The molecular formula is C24H24N4O5S. The van der Waals surface area contributed by atoms with Crippen molar-refractivity contribution >= 4 is 39.3 Å². The molecule has 2 aliphatic heterocycles. The maximum absolute atomic E-state index is 13.0. The maximum Gasteiger partial charge on any atom is 0.255 e. The molecule has 1 atom stereocenters. The molecule has 0 radical (unpaired) electrons. The van der Waals surface area contributed by atoms with Gasteiger partial charge in [-0.1, -0.05) is 12.1 Å². The van der Waals surface area contributed by atoms with E-state index < -0.39 is 11.9 Å². The summed E-state index contributed by atoms with van der Waals surface area (Å²) in [5.74, 6) is -0.370. The number of piperidine rings is 1. The van der Waals surface area contributed by atoms with Crippen molar-refractivity contribution in [2.45, 2.75) is 38.6 Å². The van der Waals surface area contributed by atoms with Gasteiger partial charge in [-0.2, -0.15) is 0 Å². The molecule has 34 heavy (non-hydrogen) atoms. The molecule has 5 rings (SSSR count). The van der Waals surface area contributed by atoms with Crippen LogP contribution in [0, 0.1) is 0 Å². The molecule has 2 aliphatic rings. The highest BCUT2D eigenvalue weighted by atomic mass is 32.1. The van der Waals surface area contributed by atoms with Crippen LogP contribution < -0.4 is 15.4 Å². The van der Waals surface area contributed by atoms with Gasteiger partial charge in [0.15, 0.2) is 0 Å². The van der Waals surface area contributed by atoms with Crippen LogP contribution in [0.2, 0.25) is 0 Å². The number of aliphatic hydroxyl groups excluding tert-OH is 1. The molecule has 2 aromatic carbocycles. The third kappa shape index (κ3) is 4.39. The number of thiazole rings is 1. The van der Waals surface area contributed by atoms with Crippen molar-refractivity contribution in [1.29, 1.82) is 0 Å². The first-order chi connectivity index (χ1) is 16.5. The van der Waals surface area contributed by atoms with Crippen molar-refractivity contribution < 1.29 is 24.2 Å².